The van der Waals surface area contributed by atoms with Crippen LogP contribution in [0.5, 0.6) is 0 Å². The summed E-state index contributed by atoms with van der Waals surface area (Å²) in [6.07, 6.45) is 2.19. The van der Waals surface area contributed by atoms with Crippen molar-refractivity contribution in [1.29, 1.82) is 0 Å². The van der Waals surface area contributed by atoms with Crippen LogP contribution in [0, 0.1) is 6.92 Å². The maximum absolute atomic E-state index is 3.64. The quantitative estimate of drug-likeness (QED) is 0.360. The molecular weight excluding hydrogens is 95.9 g/mol. The standard InChI is InChI=1S/C4H7.Ti/c1-3-4-2;/h1H,2-4H2;/q-1;+1. The van der Waals surface area contributed by atoms with E-state index >= 15 is 0 Å². The van der Waals surface area contributed by atoms with E-state index in [0.717, 1.165) is 12.8 Å². The second-order valence-corrected chi connectivity index (χ2v) is 1.48. The molecular formula is C4H7Ti. The van der Waals surface area contributed by atoms with Crippen LogP contribution in [0.3, 0.4) is 0 Å². The van der Waals surface area contributed by atoms with Gasteiger partial charge in [0.1, 0.15) is 0 Å². The third-order valence-electron chi connectivity index (χ3n) is 0.348. The van der Waals surface area contributed by atoms with Crippen molar-refractivity contribution in [3.8, 4) is 0 Å². The summed E-state index contributed by atoms with van der Waals surface area (Å²) in [7, 11) is 0. The topological polar surface area (TPSA) is 0 Å². The Morgan fingerprint density at radius 2 is 2.40 bits per heavy atom. The van der Waals surface area contributed by atoms with E-state index in [2.05, 4.69) is 11.2 Å². The first-order valence-corrected chi connectivity index (χ1v) is 2.60. The average Bonchev–Trinajstić information content (AvgIpc) is 1.41. The molecule has 0 aliphatic carbocycles. The van der Waals surface area contributed by atoms with E-state index in [0.29, 0.717) is 0 Å². The summed E-state index contributed by atoms with van der Waals surface area (Å²) in [6.45, 7) is 3.64. The third kappa shape index (κ3) is 4.58. The van der Waals surface area contributed by atoms with Gasteiger partial charge in [-0.1, -0.05) is 0 Å². The molecule has 0 unspecified atom stereocenters. The Hall–Kier alpha value is 0.584. The fraction of sp³-hybridized carbons (Fsp3) is 0.500. The fourth-order valence-electron chi connectivity index (χ4n) is 0.102. The summed E-state index contributed by atoms with van der Waals surface area (Å²) in [5.74, 6) is 0. The number of hydrogen-bond acceptors (Lipinski definition) is 0. The van der Waals surface area contributed by atoms with Gasteiger partial charge >= 0.3 is 44.1 Å². The number of hydrogen-bond donors (Lipinski definition) is 0. The average molecular weight is 103 g/mol. The van der Waals surface area contributed by atoms with E-state index in [1.54, 1.807) is 0 Å². The van der Waals surface area contributed by atoms with Gasteiger partial charge in [-0.2, -0.15) is 0 Å². The van der Waals surface area contributed by atoms with Crippen LogP contribution in [0.2, 0.25) is 0 Å². The summed E-state index contributed by atoms with van der Waals surface area (Å²) in [6, 6.07) is 0. The van der Waals surface area contributed by atoms with Gasteiger partial charge in [0.2, 0.25) is 0 Å². The molecule has 0 aromatic rings. The molecule has 0 nitrogen and oxygen atoms in total. The van der Waals surface area contributed by atoms with E-state index in [9.17, 15) is 0 Å². The summed E-state index contributed by atoms with van der Waals surface area (Å²) in [5.41, 5.74) is 0. The minimum atomic E-state index is 1.04. The Balaban J connectivity index is 2.40. The van der Waals surface area contributed by atoms with Gasteiger partial charge in [0.25, 0.3) is 0 Å². The maximum atomic E-state index is 3.64. The molecule has 0 N–H and O–H groups in total. The molecule has 0 fully saturated rings. The minimum absolute atomic E-state index is 1.04. The third-order valence-corrected chi connectivity index (χ3v) is 0.799. The molecule has 0 spiro atoms. The van der Waals surface area contributed by atoms with Crippen LogP contribution in [0.1, 0.15) is 12.8 Å². The Kier molecular flexibility index (Phi) is 5.12. The molecule has 0 radical (unpaired) electrons. The van der Waals surface area contributed by atoms with Crippen molar-refractivity contribution in [2.75, 3.05) is 0 Å². The van der Waals surface area contributed by atoms with Crippen molar-refractivity contribution in [3.63, 3.8) is 0 Å². The zero-order chi connectivity index (χ0) is 4.12. The first-order chi connectivity index (χ1) is 2.41. The van der Waals surface area contributed by atoms with Gasteiger partial charge in [-0.05, 0) is 0 Å². The number of rotatable bonds is 2. The van der Waals surface area contributed by atoms with Crippen molar-refractivity contribution < 1.29 is 20.0 Å². The van der Waals surface area contributed by atoms with Gasteiger partial charge in [0, 0.05) is 0 Å². The molecule has 0 aromatic heterocycles. The van der Waals surface area contributed by atoms with Crippen LogP contribution < -0.4 is 0 Å². The molecule has 0 bridgehead atoms. The molecule has 0 saturated carbocycles. The fourth-order valence-corrected chi connectivity index (χ4v) is 0.421. The van der Waals surface area contributed by atoms with Gasteiger partial charge in [-0.15, -0.1) is 0 Å². The van der Waals surface area contributed by atoms with Crippen LogP contribution in [-0.4, -0.2) is 4.31 Å². The van der Waals surface area contributed by atoms with Crippen molar-refractivity contribution in [2.24, 2.45) is 0 Å². The summed E-state index contributed by atoms with van der Waals surface area (Å²) >= 11 is 2.05. The SMILES string of the molecule is [CH2-]CC[CH]=[Ti+]. The monoisotopic (exact) mass is 103 g/mol. The van der Waals surface area contributed by atoms with Crippen molar-refractivity contribution in [3.05, 3.63) is 6.92 Å². The van der Waals surface area contributed by atoms with Gasteiger partial charge in [0.05, 0.1) is 0 Å². The van der Waals surface area contributed by atoms with Crippen LogP contribution in [-0.2, 0) is 20.0 Å². The van der Waals surface area contributed by atoms with Crippen molar-refractivity contribution in [2.45, 2.75) is 12.8 Å². The normalized spacial score (nSPS) is 7.80. The van der Waals surface area contributed by atoms with E-state index in [1.807, 2.05) is 20.0 Å². The molecule has 0 aliphatic rings. The van der Waals surface area contributed by atoms with Gasteiger partial charge in [-0.25, -0.2) is 0 Å². The number of unbranched alkanes of at least 4 members (excludes halogenated alkanes) is 1. The molecule has 0 amide bonds. The molecule has 0 aliphatic heterocycles. The van der Waals surface area contributed by atoms with E-state index in [-0.39, 0.29) is 0 Å². The summed E-state index contributed by atoms with van der Waals surface area (Å²) < 4.78 is 2.12. The van der Waals surface area contributed by atoms with Crippen LogP contribution in [0.25, 0.3) is 0 Å². The predicted molar refractivity (Wildman–Crippen MR) is 20.7 cm³/mol. The molecule has 27 valence electrons. The van der Waals surface area contributed by atoms with Crippen LogP contribution >= 0.6 is 0 Å². The second kappa shape index (κ2) is 4.58. The molecule has 0 heterocycles. The molecule has 0 saturated heterocycles. The second-order valence-electron chi connectivity index (χ2n) is 0.846. The van der Waals surface area contributed by atoms with Crippen LogP contribution in [0.15, 0.2) is 0 Å². The van der Waals surface area contributed by atoms with E-state index < -0.39 is 0 Å². The van der Waals surface area contributed by atoms with Crippen molar-refractivity contribution in [1.82, 2.24) is 0 Å². The Labute approximate surface area is 44.5 Å². The molecule has 5 heavy (non-hydrogen) atoms. The molecule has 0 rings (SSSR count). The summed E-state index contributed by atoms with van der Waals surface area (Å²) in [4.78, 5) is 0. The van der Waals surface area contributed by atoms with Crippen LogP contribution in [0.4, 0.5) is 0 Å². The Morgan fingerprint density at radius 1 is 1.80 bits per heavy atom. The van der Waals surface area contributed by atoms with E-state index in [4.69, 9.17) is 0 Å². The predicted octanol–water partition coefficient (Wildman–Crippen LogP) is 0.950. The van der Waals surface area contributed by atoms with Gasteiger partial charge in [-0.3, -0.25) is 0 Å². The Morgan fingerprint density at radius 3 is 2.40 bits per heavy atom. The van der Waals surface area contributed by atoms with E-state index in [1.165, 1.54) is 0 Å². The first kappa shape index (κ1) is 5.58. The zero-order valence-electron chi connectivity index (χ0n) is 3.20. The molecule has 0 atom stereocenters. The van der Waals surface area contributed by atoms with Crippen molar-refractivity contribution >= 4 is 4.31 Å². The Bertz CT molecular complexity index is 24.8. The first-order valence-electron chi connectivity index (χ1n) is 1.70. The van der Waals surface area contributed by atoms with Gasteiger partial charge < -0.3 is 0 Å². The zero-order valence-corrected chi connectivity index (χ0v) is 4.76. The molecule has 0 aromatic carbocycles. The van der Waals surface area contributed by atoms with Gasteiger partial charge in [0.15, 0.2) is 0 Å². The molecule has 1 heteroatoms. The summed E-state index contributed by atoms with van der Waals surface area (Å²) in [5, 5.41) is 0.